The van der Waals surface area contributed by atoms with Crippen LogP contribution in [0.25, 0.3) is 0 Å². The average molecular weight is 267 g/mol. The molecule has 2 N–H and O–H groups in total. The first kappa shape index (κ1) is 14.7. The van der Waals surface area contributed by atoms with Gasteiger partial charge in [0.15, 0.2) is 0 Å². The van der Waals surface area contributed by atoms with E-state index in [1.807, 2.05) is 13.8 Å². The van der Waals surface area contributed by atoms with Crippen LogP contribution in [0.5, 0.6) is 0 Å². The van der Waals surface area contributed by atoms with E-state index in [2.05, 4.69) is 17.2 Å². The van der Waals surface area contributed by atoms with Gasteiger partial charge >= 0.3 is 0 Å². The van der Waals surface area contributed by atoms with Crippen LogP contribution in [0.15, 0.2) is 11.4 Å². The number of hydrogen-bond donors (Lipinski definition) is 2. The molecule has 98 valence electrons. The summed E-state index contributed by atoms with van der Waals surface area (Å²) < 4.78 is 5.23. The van der Waals surface area contributed by atoms with Gasteiger partial charge in [-0.1, -0.05) is 11.8 Å². The Balaban J connectivity index is 2.71. The van der Waals surface area contributed by atoms with Crippen LogP contribution in [0, 0.1) is 11.8 Å². The van der Waals surface area contributed by atoms with Gasteiger partial charge in [0.2, 0.25) is 0 Å². The van der Waals surface area contributed by atoms with E-state index in [-0.39, 0.29) is 12.5 Å². The van der Waals surface area contributed by atoms with E-state index in [0.29, 0.717) is 17.0 Å². The summed E-state index contributed by atoms with van der Waals surface area (Å²) >= 11 is 1.33. The maximum Gasteiger partial charge on any atom is 0.262 e. The highest BCUT2D eigenvalue weighted by Crippen LogP contribution is 2.16. The molecule has 1 aromatic rings. The SMILES string of the molecule is COC(C)(C)CNC(=O)c1sccc1C#CCO. The number of carbonyl (C=O) groups excluding carboxylic acids is 1. The molecule has 1 amide bonds. The number of amides is 1. The molecule has 1 rings (SSSR count). The van der Waals surface area contributed by atoms with Crippen LogP contribution >= 0.6 is 11.3 Å². The number of thiophene rings is 1. The average Bonchev–Trinajstić information content (AvgIpc) is 2.82. The summed E-state index contributed by atoms with van der Waals surface area (Å²) in [6.45, 7) is 4.00. The zero-order valence-electron chi connectivity index (χ0n) is 10.7. The Morgan fingerprint density at radius 3 is 2.94 bits per heavy atom. The van der Waals surface area contributed by atoms with Crippen molar-refractivity contribution in [1.29, 1.82) is 0 Å². The normalized spacial score (nSPS) is 10.7. The molecular formula is C13H17NO3S. The van der Waals surface area contributed by atoms with Gasteiger partial charge in [0.25, 0.3) is 5.91 Å². The molecule has 5 heteroatoms. The van der Waals surface area contributed by atoms with Gasteiger partial charge in [0.05, 0.1) is 5.60 Å². The van der Waals surface area contributed by atoms with Crippen LogP contribution in [-0.4, -0.2) is 36.9 Å². The molecule has 0 aliphatic carbocycles. The number of aliphatic hydroxyl groups excluding tert-OH is 1. The third-order valence-electron chi connectivity index (χ3n) is 2.40. The molecule has 0 unspecified atom stereocenters. The number of rotatable bonds is 4. The number of hydrogen-bond acceptors (Lipinski definition) is 4. The van der Waals surface area contributed by atoms with Crippen LogP contribution in [-0.2, 0) is 4.74 Å². The van der Waals surface area contributed by atoms with Gasteiger partial charge in [-0.2, -0.15) is 0 Å². The molecular weight excluding hydrogens is 250 g/mol. The number of carbonyl (C=O) groups is 1. The third kappa shape index (κ3) is 4.15. The van der Waals surface area contributed by atoms with E-state index in [1.54, 1.807) is 18.6 Å². The largest absolute Gasteiger partial charge is 0.384 e. The Hall–Kier alpha value is -1.35. The third-order valence-corrected chi connectivity index (χ3v) is 3.31. The predicted molar refractivity (Wildman–Crippen MR) is 71.7 cm³/mol. The Morgan fingerprint density at radius 1 is 1.61 bits per heavy atom. The van der Waals surface area contributed by atoms with Crippen molar-refractivity contribution in [3.05, 3.63) is 21.9 Å². The lowest BCUT2D eigenvalue weighted by Crippen LogP contribution is -2.39. The molecule has 0 radical (unpaired) electrons. The predicted octanol–water partition coefficient (Wildman–Crippen LogP) is 1.25. The quantitative estimate of drug-likeness (QED) is 0.807. The molecule has 0 atom stereocenters. The lowest BCUT2D eigenvalue weighted by Gasteiger charge is -2.22. The highest BCUT2D eigenvalue weighted by molar-refractivity contribution is 7.12. The van der Waals surface area contributed by atoms with Crippen molar-refractivity contribution in [2.75, 3.05) is 20.3 Å². The summed E-state index contributed by atoms with van der Waals surface area (Å²) in [7, 11) is 1.61. The maximum atomic E-state index is 12.0. The lowest BCUT2D eigenvalue weighted by atomic mass is 10.1. The van der Waals surface area contributed by atoms with E-state index >= 15 is 0 Å². The maximum absolute atomic E-state index is 12.0. The van der Waals surface area contributed by atoms with Crippen molar-refractivity contribution in [3.8, 4) is 11.8 Å². The van der Waals surface area contributed by atoms with Gasteiger partial charge in [-0.3, -0.25) is 4.79 Å². The molecule has 1 heterocycles. The standard InChI is InChI=1S/C13H17NO3S/c1-13(2,17-3)9-14-12(16)11-10(5-4-7-15)6-8-18-11/h6,8,15H,7,9H2,1-3H3,(H,14,16). The number of nitrogens with one attached hydrogen (secondary N) is 1. The van der Waals surface area contributed by atoms with Gasteiger partial charge in [0, 0.05) is 19.2 Å². The Labute approximate surface area is 111 Å². The summed E-state index contributed by atoms with van der Waals surface area (Å²) in [5.74, 6) is 5.12. The molecule has 0 saturated carbocycles. The Kier molecular flexibility index (Phi) is 5.35. The Morgan fingerprint density at radius 2 is 2.33 bits per heavy atom. The number of ether oxygens (including phenoxy) is 1. The smallest absolute Gasteiger partial charge is 0.262 e. The van der Waals surface area contributed by atoms with Crippen molar-refractivity contribution in [2.24, 2.45) is 0 Å². The summed E-state index contributed by atoms with van der Waals surface area (Å²) in [4.78, 5) is 12.5. The summed E-state index contributed by atoms with van der Waals surface area (Å²) in [5, 5.41) is 13.3. The molecule has 1 aromatic heterocycles. The van der Waals surface area contributed by atoms with E-state index in [0.717, 1.165) is 0 Å². The molecule has 0 aromatic carbocycles. The first-order valence-corrected chi connectivity index (χ1v) is 6.38. The van der Waals surface area contributed by atoms with Gasteiger partial charge in [0.1, 0.15) is 11.5 Å². The van der Waals surface area contributed by atoms with Crippen LogP contribution in [0.4, 0.5) is 0 Å². The van der Waals surface area contributed by atoms with Crippen molar-refractivity contribution >= 4 is 17.2 Å². The molecule has 0 fully saturated rings. The van der Waals surface area contributed by atoms with E-state index in [1.165, 1.54) is 11.3 Å². The second kappa shape index (κ2) is 6.55. The lowest BCUT2D eigenvalue weighted by molar-refractivity contribution is 0.0229. The zero-order valence-corrected chi connectivity index (χ0v) is 11.6. The molecule has 0 spiro atoms. The van der Waals surface area contributed by atoms with E-state index < -0.39 is 5.60 Å². The topological polar surface area (TPSA) is 58.6 Å². The highest BCUT2D eigenvalue weighted by atomic mass is 32.1. The Bertz CT molecular complexity index is 468. The summed E-state index contributed by atoms with van der Waals surface area (Å²) in [6, 6.07) is 1.77. The van der Waals surface area contributed by atoms with Crippen LogP contribution < -0.4 is 5.32 Å². The van der Waals surface area contributed by atoms with Crippen LogP contribution in [0.3, 0.4) is 0 Å². The second-order valence-electron chi connectivity index (χ2n) is 4.27. The fourth-order valence-electron chi connectivity index (χ4n) is 1.16. The van der Waals surface area contributed by atoms with Crippen LogP contribution in [0.2, 0.25) is 0 Å². The molecule has 18 heavy (non-hydrogen) atoms. The van der Waals surface area contributed by atoms with Gasteiger partial charge in [-0.15, -0.1) is 11.3 Å². The first-order chi connectivity index (χ1) is 8.50. The molecule has 0 bridgehead atoms. The fraction of sp³-hybridized carbons (Fsp3) is 0.462. The van der Waals surface area contributed by atoms with Gasteiger partial charge in [-0.05, 0) is 25.3 Å². The first-order valence-electron chi connectivity index (χ1n) is 5.51. The van der Waals surface area contributed by atoms with E-state index in [4.69, 9.17) is 9.84 Å². The van der Waals surface area contributed by atoms with Crippen molar-refractivity contribution in [1.82, 2.24) is 5.32 Å². The van der Waals surface area contributed by atoms with Gasteiger partial charge in [-0.25, -0.2) is 0 Å². The minimum atomic E-state index is -0.399. The van der Waals surface area contributed by atoms with Crippen molar-refractivity contribution in [2.45, 2.75) is 19.4 Å². The monoisotopic (exact) mass is 267 g/mol. The van der Waals surface area contributed by atoms with Crippen molar-refractivity contribution in [3.63, 3.8) is 0 Å². The minimum Gasteiger partial charge on any atom is -0.384 e. The number of methoxy groups -OCH3 is 1. The molecule has 0 aliphatic heterocycles. The highest BCUT2D eigenvalue weighted by Gasteiger charge is 2.19. The summed E-state index contributed by atoms with van der Waals surface area (Å²) in [6.07, 6.45) is 0. The fourth-order valence-corrected chi connectivity index (χ4v) is 1.93. The second-order valence-corrected chi connectivity index (χ2v) is 5.19. The summed E-state index contributed by atoms with van der Waals surface area (Å²) in [5.41, 5.74) is 0.242. The zero-order chi connectivity index (χ0) is 13.6. The van der Waals surface area contributed by atoms with Gasteiger partial charge < -0.3 is 15.2 Å². The minimum absolute atomic E-state index is 0.169. The molecule has 4 nitrogen and oxygen atoms in total. The number of aliphatic hydroxyl groups is 1. The van der Waals surface area contributed by atoms with Crippen LogP contribution in [0.1, 0.15) is 29.1 Å². The van der Waals surface area contributed by atoms with Crippen molar-refractivity contribution < 1.29 is 14.6 Å². The molecule has 0 aliphatic rings. The van der Waals surface area contributed by atoms with E-state index in [9.17, 15) is 4.79 Å². The molecule has 0 saturated heterocycles.